The smallest absolute Gasteiger partial charge is 0.0244 e. The van der Waals surface area contributed by atoms with Gasteiger partial charge >= 0.3 is 0 Å². The molecule has 0 heterocycles. The minimum Gasteiger partial charge on any atom is -0.327 e. The van der Waals surface area contributed by atoms with E-state index < -0.39 is 0 Å². The fourth-order valence-electron chi connectivity index (χ4n) is 1.27. The first-order chi connectivity index (χ1) is 6.72. The maximum atomic E-state index is 5.92. The normalized spacial score (nSPS) is 11.6. The number of rotatable bonds is 3. The Morgan fingerprint density at radius 3 is 2.93 bits per heavy atom. The molecule has 0 aromatic heterocycles. The van der Waals surface area contributed by atoms with E-state index in [1.807, 2.05) is 19.1 Å². The molecule has 1 aromatic carbocycles. The van der Waals surface area contributed by atoms with Gasteiger partial charge in [0.05, 0.1) is 0 Å². The minimum atomic E-state index is 0.136. The first-order valence-electron chi connectivity index (χ1n) is 4.62. The topological polar surface area (TPSA) is 26.0 Å². The van der Waals surface area contributed by atoms with E-state index >= 15 is 0 Å². The summed E-state index contributed by atoms with van der Waals surface area (Å²) in [6, 6.07) is 8.36. The molecule has 1 atom stereocenters. The van der Waals surface area contributed by atoms with Gasteiger partial charge in [-0.25, -0.2) is 0 Å². The molecule has 0 aliphatic rings. The van der Waals surface area contributed by atoms with Crippen LogP contribution in [0.15, 0.2) is 28.7 Å². The zero-order valence-electron chi connectivity index (χ0n) is 8.26. The monoisotopic (exact) mass is 251 g/mol. The van der Waals surface area contributed by atoms with Crippen LogP contribution in [0.4, 0.5) is 0 Å². The van der Waals surface area contributed by atoms with Gasteiger partial charge in [-0.1, -0.05) is 28.1 Å². The van der Waals surface area contributed by atoms with Crippen LogP contribution >= 0.6 is 15.9 Å². The molecule has 0 amide bonds. The lowest BCUT2D eigenvalue weighted by atomic mass is 10.0. The van der Waals surface area contributed by atoms with Crippen LogP contribution in [0.3, 0.4) is 0 Å². The molecule has 0 saturated carbocycles. The van der Waals surface area contributed by atoms with Gasteiger partial charge in [0.25, 0.3) is 0 Å². The van der Waals surface area contributed by atoms with Gasteiger partial charge in [0.15, 0.2) is 0 Å². The van der Waals surface area contributed by atoms with Crippen LogP contribution in [-0.4, -0.2) is 6.04 Å². The number of benzene rings is 1. The highest BCUT2D eigenvalue weighted by molar-refractivity contribution is 9.10. The lowest BCUT2D eigenvalue weighted by Crippen LogP contribution is -2.21. The van der Waals surface area contributed by atoms with Gasteiger partial charge in [-0.3, -0.25) is 0 Å². The van der Waals surface area contributed by atoms with E-state index in [-0.39, 0.29) is 6.04 Å². The van der Waals surface area contributed by atoms with Crippen LogP contribution in [-0.2, 0) is 6.42 Å². The van der Waals surface area contributed by atoms with Crippen LogP contribution in [0.2, 0.25) is 0 Å². The molecule has 0 bridgehead atoms. The largest absolute Gasteiger partial charge is 0.327 e. The SMILES string of the molecule is CC#CCC(N)Cc1cccc(Br)c1. The van der Waals surface area contributed by atoms with Crippen molar-refractivity contribution in [2.75, 3.05) is 0 Å². The third kappa shape index (κ3) is 3.95. The summed E-state index contributed by atoms with van der Waals surface area (Å²) in [6.07, 6.45) is 1.65. The summed E-state index contributed by atoms with van der Waals surface area (Å²) in [7, 11) is 0. The number of halogens is 1. The van der Waals surface area contributed by atoms with E-state index in [9.17, 15) is 0 Å². The Labute approximate surface area is 93.8 Å². The third-order valence-electron chi connectivity index (χ3n) is 1.93. The molecule has 2 N–H and O–H groups in total. The summed E-state index contributed by atoms with van der Waals surface area (Å²) in [4.78, 5) is 0. The van der Waals surface area contributed by atoms with Gasteiger partial charge in [0.2, 0.25) is 0 Å². The Balaban J connectivity index is 2.54. The summed E-state index contributed by atoms with van der Waals surface area (Å²) in [5, 5.41) is 0. The van der Waals surface area contributed by atoms with Crippen molar-refractivity contribution in [1.82, 2.24) is 0 Å². The highest BCUT2D eigenvalue weighted by Gasteiger charge is 2.02. The van der Waals surface area contributed by atoms with Crippen molar-refractivity contribution in [3.63, 3.8) is 0 Å². The van der Waals surface area contributed by atoms with E-state index in [1.54, 1.807) is 0 Å². The molecular formula is C12H14BrN. The molecule has 1 nitrogen and oxygen atoms in total. The molecule has 74 valence electrons. The second-order valence-corrected chi connectivity index (χ2v) is 4.14. The Morgan fingerprint density at radius 1 is 1.50 bits per heavy atom. The van der Waals surface area contributed by atoms with Crippen molar-refractivity contribution < 1.29 is 0 Å². The lowest BCUT2D eigenvalue weighted by Gasteiger charge is -2.07. The average Bonchev–Trinajstić information content (AvgIpc) is 2.15. The van der Waals surface area contributed by atoms with Gasteiger partial charge in [-0.05, 0) is 31.0 Å². The van der Waals surface area contributed by atoms with Gasteiger partial charge in [0.1, 0.15) is 0 Å². The lowest BCUT2D eigenvalue weighted by molar-refractivity contribution is 0.689. The molecule has 14 heavy (non-hydrogen) atoms. The van der Waals surface area contributed by atoms with Crippen molar-refractivity contribution in [2.45, 2.75) is 25.8 Å². The second-order valence-electron chi connectivity index (χ2n) is 3.23. The number of nitrogens with two attached hydrogens (primary N) is 1. The number of hydrogen-bond acceptors (Lipinski definition) is 1. The average molecular weight is 252 g/mol. The summed E-state index contributed by atoms with van der Waals surface area (Å²) in [5.41, 5.74) is 7.18. The quantitative estimate of drug-likeness (QED) is 0.822. The highest BCUT2D eigenvalue weighted by Crippen LogP contribution is 2.13. The van der Waals surface area contributed by atoms with Crippen LogP contribution in [0, 0.1) is 11.8 Å². The molecule has 0 aliphatic carbocycles. The minimum absolute atomic E-state index is 0.136. The van der Waals surface area contributed by atoms with Gasteiger partial charge in [-0.15, -0.1) is 11.8 Å². The second kappa shape index (κ2) is 5.85. The first-order valence-corrected chi connectivity index (χ1v) is 5.41. The van der Waals surface area contributed by atoms with E-state index in [0.29, 0.717) is 0 Å². The number of hydrogen-bond donors (Lipinski definition) is 1. The zero-order valence-corrected chi connectivity index (χ0v) is 9.84. The fourth-order valence-corrected chi connectivity index (χ4v) is 1.72. The molecule has 0 spiro atoms. The highest BCUT2D eigenvalue weighted by atomic mass is 79.9. The van der Waals surface area contributed by atoms with Gasteiger partial charge in [-0.2, -0.15) is 0 Å². The maximum Gasteiger partial charge on any atom is 0.0244 e. The van der Waals surface area contributed by atoms with Crippen molar-refractivity contribution in [3.05, 3.63) is 34.3 Å². The van der Waals surface area contributed by atoms with Crippen LogP contribution < -0.4 is 5.73 Å². The molecule has 0 radical (unpaired) electrons. The fraction of sp³-hybridized carbons (Fsp3) is 0.333. The standard InChI is InChI=1S/C12H14BrN/c1-2-3-7-12(14)9-10-5-4-6-11(13)8-10/h4-6,8,12H,7,9,14H2,1H3. The zero-order chi connectivity index (χ0) is 10.4. The summed E-state index contributed by atoms with van der Waals surface area (Å²) < 4.78 is 1.10. The molecule has 0 saturated heterocycles. The van der Waals surface area contributed by atoms with Crippen LogP contribution in [0.1, 0.15) is 18.9 Å². The van der Waals surface area contributed by atoms with Crippen LogP contribution in [0.25, 0.3) is 0 Å². The molecule has 1 unspecified atom stereocenters. The maximum absolute atomic E-state index is 5.92. The Kier molecular flexibility index (Phi) is 4.72. The molecule has 0 fully saturated rings. The van der Waals surface area contributed by atoms with Crippen LogP contribution in [0.5, 0.6) is 0 Å². The molecule has 1 rings (SSSR count). The van der Waals surface area contributed by atoms with E-state index in [1.165, 1.54) is 5.56 Å². The first kappa shape index (κ1) is 11.3. The Morgan fingerprint density at radius 2 is 2.29 bits per heavy atom. The predicted molar refractivity (Wildman–Crippen MR) is 63.9 cm³/mol. The molecule has 0 aliphatic heterocycles. The van der Waals surface area contributed by atoms with Crippen molar-refractivity contribution in [3.8, 4) is 11.8 Å². The Hall–Kier alpha value is -0.780. The van der Waals surface area contributed by atoms with Crippen molar-refractivity contribution in [1.29, 1.82) is 0 Å². The van der Waals surface area contributed by atoms with E-state index in [0.717, 1.165) is 17.3 Å². The molecule has 2 heteroatoms. The predicted octanol–water partition coefficient (Wildman–Crippen LogP) is 2.73. The summed E-state index contributed by atoms with van der Waals surface area (Å²) in [5.74, 6) is 5.85. The van der Waals surface area contributed by atoms with E-state index in [4.69, 9.17) is 5.73 Å². The van der Waals surface area contributed by atoms with E-state index in [2.05, 4.69) is 39.9 Å². The summed E-state index contributed by atoms with van der Waals surface area (Å²) in [6.45, 7) is 1.84. The molecular weight excluding hydrogens is 238 g/mol. The summed E-state index contributed by atoms with van der Waals surface area (Å²) >= 11 is 3.44. The third-order valence-corrected chi connectivity index (χ3v) is 2.42. The van der Waals surface area contributed by atoms with Gasteiger partial charge in [0, 0.05) is 16.9 Å². The van der Waals surface area contributed by atoms with Gasteiger partial charge < -0.3 is 5.73 Å². The molecule has 1 aromatic rings. The Bertz CT molecular complexity index is 349. The van der Waals surface area contributed by atoms with Crippen molar-refractivity contribution in [2.24, 2.45) is 5.73 Å². The van der Waals surface area contributed by atoms with Crippen molar-refractivity contribution >= 4 is 15.9 Å².